The molecule has 1 unspecified atom stereocenters. The van der Waals surface area contributed by atoms with Crippen molar-refractivity contribution in [2.75, 3.05) is 77.3 Å². The molecule has 2 aromatic heterocycles. The summed E-state index contributed by atoms with van der Waals surface area (Å²) in [5, 5.41) is 57.3. The molecule has 4 rings (SSSR count). The van der Waals surface area contributed by atoms with Crippen molar-refractivity contribution in [3.63, 3.8) is 0 Å². The maximum absolute atomic E-state index is 13.8. The number of aliphatic carboxylic acids is 4. The molecule has 1 saturated heterocycles. The fourth-order valence-corrected chi connectivity index (χ4v) is 7.03. The SMILES string of the molecule is NS(=O)(=O)c1nnc(NC(=O)[C@H](Cc2c[nH]c3ccccc23)NC(C(=O)O)N2CCN(CC(=O)O)CCN(CC(=O)O)CCN(CC(=O)O)CC2)s1. The fraction of sp³-hybridized carbons (Fsp3) is 0.483. The predicted molar refractivity (Wildman–Crippen MR) is 184 cm³/mol. The number of para-hydroxylation sites is 1. The topological polar surface area (TPSA) is 305 Å². The highest BCUT2D eigenvalue weighted by Crippen LogP contribution is 2.22. The van der Waals surface area contributed by atoms with Crippen LogP contribution in [0.25, 0.3) is 10.9 Å². The molecule has 1 fully saturated rings. The molecule has 9 N–H and O–H groups in total. The molecule has 284 valence electrons. The van der Waals surface area contributed by atoms with E-state index < -0.39 is 69.4 Å². The first-order valence-corrected chi connectivity index (χ1v) is 18.2. The average Bonchev–Trinajstić information content (AvgIpc) is 3.70. The Morgan fingerprint density at radius 3 is 1.83 bits per heavy atom. The number of carbonyl (C=O) groups excluding carboxylic acids is 1. The molecule has 3 heterocycles. The van der Waals surface area contributed by atoms with Crippen LogP contribution in [0.4, 0.5) is 5.13 Å². The molecule has 21 nitrogen and oxygen atoms in total. The number of aromatic amines is 1. The van der Waals surface area contributed by atoms with Crippen molar-refractivity contribution in [1.29, 1.82) is 0 Å². The van der Waals surface area contributed by atoms with Gasteiger partial charge in [-0.15, -0.1) is 10.2 Å². The molecule has 0 bridgehead atoms. The van der Waals surface area contributed by atoms with Crippen molar-refractivity contribution in [2.45, 2.75) is 23.0 Å². The summed E-state index contributed by atoms with van der Waals surface area (Å²) < 4.78 is 22.9. The van der Waals surface area contributed by atoms with Crippen molar-refractivity contribution in [3.8, 4) is 0 Å². The van der Waals surface area contributed by atoms with Crippen molar-refractivity contribution in [2.24, 2.45) is 5.14 Å². The highest BCUT2D eigenvalue weighted by Gasteiger charge is 2.33. The smallest absolute Gasteiger partial charge is 0.335 e. The number of anilines is 1. The van der Waals surface area contributed by atoms with E-state index in [9.17, 15) is 52.8 Å². The van der Waals surface area contributed by atoms with Crippen molar-refractivity contribution >= 4 is 67.2 Å². The van der Waals surface area contributed by atoms with Crippen LogP contribution in [-0.4, -0.2) is 178 Å². The number of H-pyrrole nitrogens is 1. The second-order valence-electron chi connectivity index (χ2n) is 12.0. The minimum atomic E-state index is -4.22. The molecule has 3 aromatic rings. The number of carbonyl (C=O) groups is 5. The maximum Gasteiger partial charge on any atom is 0.335 e. The number of nitrogens with zero attached hydrogens (tertiary/aromatic N) is 6. The number of fused-ring (bicyclic) bond motifs is 1. The van der Waals surface area contributed by atoms with E-state index in [4.69, 9.17) is 5.14 Å². The van der Waals surface area contributed by atoms with Crippen molar-refractivity contribution < 1.29 is 52.8 Å². The van der Waals surface area contributed by atoms with E-state index >= 15 is 0 Å². The Bertz CT molecular complexity index is 1820. The third kappa shape index (κ3) is 12.0. The number of hydrogen-bond acceptors (Lipinski definition) is 15. The van der Waals surface area contributed by atoms with Gasteiger partial charge in [0.05, 0.1) is 25.7 Å². The van der Waals surface area contributed by atoms with E-state index in [0.29, 0.717) is 16.9 Å². The molecule has 0 radical (unpaired) electrons. The van der Waals surface area contributed by atoms with Crippen LogP contribution in [0, 0.1) is 0 Å². The summed E-state index contributed by atoms with van der Waals surface area (Å²) in [6, 6.07) is 5.96. The molecule has 1 aliphatic rings. The number of rotatable bonds is 15. The zero-order chi connectivity index (χ0) is 38.0. The molecule has 1 amide bonds. The van der Waals surface area contributed by atoms with Gasteiger partial charge in [-0.1, -0.05) is 29.5 Å². The number of sulfonamides is 1. The largest absolute Gasteiger partial charge is 0.480 e. The third-order valence-electron chi connectivity index (χ3n) is 8.20. The lowest BCUT2D eigenvalue weighted by molar-refractivity contribution is -0.146. The van der Waals surface area contributed by atoms with Crippen LogP contribution >= 0.6 is 11.3 Å². The summed E-state index contributed by atoms with van der Waals surface area (Å²) in [5.74, 6) is -5.58. The summed E-state index contributed by atoms with van der Waals surface area (Å²) in [7, 11) is -4.22. The molecule has 2 atom stereocenters. The second-order valence-corrected chi connectivity index (χ2v) is 14.7. The van der Waals surface area contributed by atoms with Crippen LogP contribution < -0.4 is 15.8 Å². The summed E-state index contributed by atoms with van der Waals surface area (Å²) >= 11 is 0.505. The summed E-state index contributed by atoms with van der Waals surface area (Å²) in [5.41, 5.74) is 1.41. The van der Waals surface area contributed by atoms with Crippen LogP contribution in [-0.2, 0) is 40.4 Å². The van der Waals surface area contributed by atoms with Crippen LogP contribution in [0.5, 0.6) is 0 Å². The molecule has 1 aliphatic heterocycles. The first-order valence-electron chi connectivity index (χ1n) is 15.9. The molecule has 0 aliphatic carbocycles. The van der Waals surface area contributed by atoms with Gasteiger partial charge in [-0.2, -0.15) is 0 Å². The number of aromatic nitrogens is 3. The zero-order valence-corrected chi connectivity index (χ0v) is 29.4. The molecule has 1 aromatic carbocycles. The Labute approximate surface area is 301 Å². The monoisotopic (exact) mass is 768 g/mol. The Kier molecular flexibility index (Phi) is 14.1. The zero-order valence-electron chi connectivity index (χ0n) is 27.8. The standard InChI is InChI=1S/C29H40N10O11S2/c30-52(49,50)29-35-34-28(51-29)33-26(46)21(13-18-14-31-20-4-2-1-3-19(18)20)32-25(27(47)48)39-11-9-37(16-23(42)43)7-5-36(15-22(40)41)6-8-38(10-12-39)17-24(44)45/h1-4,14,21,25,31-32H,5-13,15-17H2,(H,40,41)(H,42,43)(H,44,45)(H,47,48)(H2,30,49,50)(H,33,34,46)/t21-,25?/m0/s1. The van der Waals surface area contributed by atoms with Gasteiger partial charge in [0.2, 0.25) is 15.4 Å². The minimum absolute atomic E-state index is 0.0258. The fourth-order valence-electron chi connectivity index (χ4n) is 5.70. The van der Waals surface area contributed by atoms with Crippen LogP contribution in [0.1, 0.15) is 5.56 Å². The molecule has 23 heteroatoms. The van der Waals surface area contributed by atoms with Gasteiger partial charge in [-0.25, -0.2) is 18.4 Å². The number of nitrogens with one attached hydrogen (secondary N) is 3. The number of carboxylic acids is 4. The second kappa shape index (κ2) is 18.2. The van der Waals surface area contributed by atoms with Gasteiger partial charge in [0.1, 0.15) is 0 Å². The average molecular weight is 769 g/mol. The third-order valence-corrected chi connectivity index (χ3v) is 10.4. The van der Waals surface area contributed by atoms with Crippen LogP contribution in [0.3, 0.4) is 0 Å². The molecule has 52 heavy (non-hydrogen) atoms. The van der Waals surface area contributed by atoms with Gasteiger partial charge < -0.3 is 25.4 Å². The predicted octanol–water partition coefficient (Wildman–Crippen LogP) is -2.31. The number of carboxylic acid groups (broad SMARTS) is 4. The minimum Gasteiger partial charge on any atom is -0.480 e. The first-order chi connectivity index (χ1) is 24.6. The number of benzene rings is 1. The molecular formula is C29H40N10O11S2. The van der Waals surface area contributed by atoms with E-state index in [1.54, 1.807) is 17.2 Å². The van der Waals surface area contributed by atoms with E-state index in [1.165, 1.54) is 14.7 Å². The van der Waals surface area contributed by atoms with E-state index in [1.807, 2.05) is 18.2 Å². The van der Waals surface area contributed by atoms with Gasteiger partial charge in [0, 0.05) is 69.5 Å². The number of nitrogens with two attached hydrogens (primary N) is 1. The molecule has 0 spiro atoms. The Balaban J connectivity index is 1.65. The van der Waals surface area contributed by atoms with E-state index in [2.05, 4.69) is 25.8 Å². The van der Waals surface area contributed by atoms with Gasteiger partial charge >= 0.3 is 23.9 Å². The van der Waals surface area contributed by atoms with Crippen molar-refractivity contribution in [3.05, 3.63) is 36.0 Å². The first kappa shape index (κ1) is 40.2. The van der Waals surface area contributed by atoms with Crippen LogP contribution in [0.2, 0.25) is 0 Å². The van der Waals surface area contributed by atoms with Crippen molar-refractivity contribution in [1.82, 2.24) is 40.1 Å². The lowest BCUT2D eigenvalue weighted by Gasteiger charge is -2.36. The highest BCUT2D eigenvalue weighted by molar-refractivity contribution is 7.91. The summed E-state index contributed by atoms with van der Waals surface area (Å²) in [6.45, 7) is -0.705. The molecular weight excluding hydrogens is 729 g/mol. The number of primary sulfonamides is 1. The Morgan fingerprint density at radius 1 is 0.827 bits per heavy atom. The molecule has 0 saturated carbocycles. The Hall–Kier alpha value is -4.62. The lowest BCUT2D eigenvalue weighted by Crippen LogP contribution is -2.60. The highest BCUT2D eigenvalue weighted by atomic mass is 32.2. The van der Waals surface area contributed by atoms with Gasteiger partial charge in [-0.3, -0.25) is 49.4 Å². The lowest BCUT2D eigenvalue weighted by atomic mass is 10.0. The van der Waals surface area contributed by atoms with Gasteiger partial charge in [-0.05, 0) is 18.1 Å². The summed E-state index contributed by atoms with van der Waals surface area (Å²) in [4.78, 5) is 70.9. The van der Waals surface area contributed by atoms with E-state index in [0.717, 1.165) is 10.9 Å². The van der Waals surface area contributed by atoms with Gasteiger partial charge in [0.25, 0.3) is 10.0 Å². The van der Waals surface area contributed by atoms with E-state index in [-0.39, 0.29) is 70.5 Å². The normalized spacial score (nSPS) is 17.5. The number of amides is 1. The Morgan fingerprint density at radius 2 is 1.35 bits per heavy atom. The maximum atomic E-state index is 13.8. The quantitative estimate of drug-likeness (QED) is 0.0754. The number of hydrogen-bond donors (Lipinski definition) is 8. The van der Waals surface area contributed by atoms with Gasteiger partial charge in [0.15, 0.2) is 6.17 Å². The van der Waals surface area contributed by atoms with Crippen LogP contribution in [0.15, 0.2) is 34.8 Å². The summed E-state index contributed by atoms with van der Waals surface area (Å²) in [6.07, 6.45) is 0.0497.